The van der Waals surface area contributed by atoms with Gasteiger partial charge in [0.05, 0.1) is 23.1 Å². The van der Waals surface area contributed by atoms with Crippen LogP contribution in [0.4, 0.5) is 0 Å². The first-order valence-corrected chi connectivity index (χ1v) is 10.9. The van der Waals surface area contributed by atoms with E-state index in [1.165, 1.54) is 25.3 Å². The normalized spacial score (nSPS) is 11.3. The lowest BCUT2D eigenvalue weighted by atomic mass is 10.00. The second-order valence-corrected chi connectivity index (χ2v) is 8.45. The minimum absolute atomic E-state index is 0.0187. The van der Waals surface area contributed by atoms with Crippen LogP contribution in [0.3, 0.4) is 0 Å². The summed E-state index contributed by atoms with van der Waals surface area (Å²) in [6.07, 6.45) is 0. The summed E-state index contributed by atoms with van der Waals surface area (Å²) in [6.45, 7) is -0.329. The van der Waals surface area contributed by atoms with Crippen molar-refractivity contribution in [1.29, 1.82) is 0 Å². The molecule has 3 aromatic rings. The summed E-state index contributed by atoms with van der Waals surface area (Å²) in [6, 6.07) is 22.0. The molecule has 0 saturated carbocycles. The van der Waals surface area contributed by atoms with Crippen molar-refractivity contribution in [3.63, 3.8) is 0 Å². The lowest BCUT2D eigenvalue weighted by Crippen LogP contribution is -2.29. The molecule has 6 nitrogen and oxygen atoms in total. The van der Waals surface area contributed by atoms with Gasteiger partial charge >= 0.3 is 5.97 Å². The molecule has 0 unspecified atom stereocenters. The molecule has 0 atom stereocenters. The molecule has 0 saturated heterocycles. The van der Waals surface area contributed by atoms with Gasteiger partial charge in [0.15, 0.2) is 6.61 Å². The van der Waals surface area contributed by atoms with Gasteiger partial charge in [-0.2, -0.15) is 4.72 Å². The first kappa shape index (κ1) is 21.8. The number of carbonyl (C=O) groups is 1. The third-order valence-electron chi connectivity index (χ3n) is 4.33. The molecule has 0 amide bonds. The SMILES string of the molecule is COC(=O)COc1ccc(S(=O)(=O)NC(c2ccccc2)c2ccccc2)cc1Cl. The van der Waals surface area contributed by atoms with Crippen LogP contribution in [-0.4, -0.2) is 28.1 Å². The number of esters is 1. The molecular formula is C22H20ClNO5S. The Morgan fingerprint density at radius 2 is 1.53 bits per heavy atom. The van der Waals surface area contributed by atoms with Crippen molar-refractivity contribution in [3.8, 4) is 5.75 Å². The van der Waals surface area contributed by atoms with Gasteiger partial charge < -0.3 is 9.47 Å². The van der Waals surface area contributed by atoms with Gasteiger partial charge in [0.1, 0.15) is 5.75 Å². The van der Waals surface area contributed by atoms with Gasteiger partial charge in [0, 0.05) is 0 Å². The number of benzene rings is 3. The Morgan fingerprint density at radius 1 is 0.967 bits per heavy atom. The fraction of sp³-hybridized carbons (Fsp3) is 0.136. The Labute approximate surface area is 180 Å². The fourth-order valence-electron chi connectivity index (χ4n) is 2.80. The Morgan fingerprint density at radius 3 is 2.03 bits per heavy atom. The largest absolute Gasteiger partial charge is 0.480 e. The van der Waals surface area contributed by atoms with Gasteiger partial charge in [-0.1, -0.05) is 72.3 Å². The van der Waals surface area contributed by atoms with E-state index in [2.05, 4.69) is 9.46 Å². The molecule has 1 N–H and O–H groups in total. The van der Waals surface area contributed by atoms with Crippen molar-refractivity contribution in [2.75, 3.05) is 13.7 Å². The average molecular weight is 446 g/mol. The highest BCUT2D eigenvalue weighted by Gasteiger charge is 2.23. The molecule has 30 heavy (non-hydrogen) atoms. The predicted molar refractivity (Wildman–Crippen MR) is 114 cm³/mol. The number of nitrogens with one attached hydrogen (secondary N) is 1. The number of halogens is 1. The molecule has 3 rings (SSSR count). The van der Waals surface area contributed by atoms with Crippen LogP contribution in [0.15, 0.2) is 83.8 Å². The number of hydrogen-bond donors (Lipinski definition) is 1. The van der Waals surface area contributed by atoms with E-state index in [0.717, 1.165) is 11.1 Å². The van der Waals surface area contributed by atoms with Crippen LogP contribution in [0.1, 0.15) is 17.2 Å². The maximum absolute atomic E-state index is 13.1. The van der Waals surface area contributed by atoms with Gasteiger partial charge in [0.25, 0.3) is 0 Å². The van der Waals surface area contributed by atoms with Crippen LogP contribution in [0.25, 0.3) is 0 Å². The van der Waals surface area contributed by atoms with E-state index in [-0.39, 0.29) is 22.3 Å². The molecule has 0 aromatic heterocycles. The average Bonchev–Trinajstić information content (AvgIpc) is 2.77. The van der Waals surface area contributed by atoms with Crippen LogP contribution in [0, 0.1) is 0 Å². The number of sulfonamides is 1. The molecule has 0 radical (unpaired) electrons. The zero-order valence-electron chi connectivity index (χ0n) is 16.1. The Balaban J connectivity index is 1.88. The van der Waals surface area contributed by atoms with Crippen LogP contribution in [-0.2, 0) is 19.6 Å². The van der Waals surface area contributed by atoms with Crippen molar-refractivity contribution < 1.29 is 22.7 Å². The number of methoxy groups -OCH3 is 1. The van der Waals surface area contributed by atoms with Gasteiger partial charge in [-0.05, 0) is 29.3 Å². The summed E-state index contributed by atoms with van der Waals surface area (Å²) in [5.41, 5.74) is 1.60. The highest BCUT2D eigenvalue weighted by Crippen LogP contribution is 2.29. The molecule has 156 valence electrons. The van der Waals surface area contributed by atoms with E-state index in [9.17, 15) is 13.2 Å². The number of ether oxygens (including phenoxy) is 2. The number of carbonyl (C=O) groups excluding carboxylic acids is 1. The van der Waals surface area contributed by atoms with Gasteiger partial charge in [-0.3, -0.25) is 0 Å². The summed E-state index contributed by atoms with van der Waals surface area (Å²) < 4.78 is 38.7. The second kappa shape index (κ2) is 9.75. The van der Waals surface area contributed by atoms with E-state index >= 15 is 0 Å². The highest BCUT2D eigenvalue weighted by atomic mass is 35.5. The molecule has 0 aliphatic carbocycles. The molecule has 0 bridgehead atoms. The molecule has 0 aliphatic rings. The third kappa shape index (κ3) is 5.38. The predicted octanol–water partition coefficient (Wildman–Crippen LogP) is 3.96. The first-order chi connectivity index (χ1) is 14.4. The first-order valence-electron chi connectivity index (χ1n) is 9.02. The van der Waals surface area contributed by atoms with Gasteiger partial charge in [-0.15, -0.1) is 0 Å². The molecule has 3 aromatic carbocycles. The summed E-state index contributed by atoms with van der Waals surface area (Å²) in [5.74, 6) is -0.387. The Hall–Kier alpha value is -2.87. The van der Waals surface area contributed by atoms with E-state index in [1.807, 2.05) is 60.7 Å². The number of hydrogen-bond acceptors (Lipinski definition) is 5. The van der Waals surface area contributed by atoms with Crippen molar-refractivity contribution in [2.24, 2.45) is 0 Å². The molecular weight excluding hydrogens is 426 g/mol. The summed E-state index contributed by atoms with van der Waals surface area (Å²) in [5, 5.41) is 0.0674. The zero-order valence-corrected chi connectivity index (χ0v) is 17.7. The quantitative estimate of drug-likeness (QED) is 0.531. The van der Waals surface area contributed by atoms with E-state index in [0.29, 0.717) is 0 Å². The van der Waals surface area contributed by atoms with E-state index < -0.39 is 22.0 Å². The van der Waals surface area contributed by atoms with Crippen molar-refractivity contribution in [2.45, 2.75) is 10.9 Å². The Kier molecular flexibility index (Phi) is 7.10. The maximum Gasteiger partial charge on any atom is 0.343 e. The maximum atomic E-state index is 13.1. The van der Waals surface area contributed by atoms with Crippen LogP contribution >= 0.6 is 11.6 Å². The summed E-state index contributed by atoms with van der Waals surface area (Å²) in [7, 11) is -2.67. The third-order valence-corrected chi connectivity index (χ3v) is 6.04. The smallest absolute Gasteiger partial charge is 0.343 e. The van der Waals surface area contributed by atoms with Crippen LogP contribution < -0.4 is 9.46 Å². The standard InChI is InChI=1S/C22H20ClNO5S/c1-28-21(25)15-29-20-13-12-18(14-19(20)23)30(26,27)24-22(16-8-4-2-5-9-16)17-10-6-3-7-11-17/h2-14,22,24H,15H2,1H3. The summed E-state index contributed by atoms with van der Waals surface area (Å²) >= 11 is 6.16. The second-order valence-electron chi connectivity index (χ2n) is 6.33. The molecule has 8 heteroatoms. The minimum atomic E-state index is -3.91. The van der Waals surface area contributed by atoms with Crippen LogP contribution in [0.5, 0.6) is 5.75 Å². The van der Waals surface area contributed by atoms with E-state index in [1.54, 1.807) is 0 Å². The van der Waals surface area contributed by atoms with Crippen molar-refractivity contribution in [1.82, 2.24) is 4.72 Å². The minimum Gasteiger partial charge on any atom is -0.480 e. The monoisotopic (exact) mass is 445 g/mol. The summed E-state index contributed by atoms with van der Waals surface area (Å²) in [4.78, 5) is 11.2. The topological polar surface area (TPSA) is 81.7 Å². The van der Waals surface area contributed by atoms with Gasteiger partial charge in [0.2, 0.25) is 10.0 Å². The lowest BCUT2D eigenvalue weighted by Gasteiger charge is -2.20. The Bertz CT molecular complexity index is 1070. The number of rotatable bonds is 8. The molecule has 0 spiro atoms. The molecule has 0 aliphatic heterocycles. The van der Waals surface area contributed by atoms with Crippen molar-refractivity contribution >= 4 is 27.6 Å². The van der Waals surface area contributed by atoms with Crippen LogP contribution in [0.2, 0.25) is 5.02 Å². The van der Waals surface area contributed by atoms with Gasteiger partial charge in [-0.25, -0.2) is 13.2 Å². The zero-order chi connectivity index (χ0) is 21.6. The fourth-order valence-corrected chi connectivity index (χ4v) is 4.34. The lowest BCUT2D eigenvalue weighted by molar-refractivity contribution is -0.142. The van der Waals surface area contributed by atoms with E-state index in [4.69, 9.17) is 16.3 Å². The van der Waals surface area contributed by atoms with Crippen molar-refractivity contribution in [3.05, 3.63) is 95.0 Å². The molecule has 0 fully saturated rings. The highest BCUT2D eigenvalue weighted by molar-refractivity contribution is 7.89. The molecule has 0 heterocycles.